The smallest absolute Gasteiger partial charge is 0.0500 e. The number of allylic oxidation sites excluding steroid dienone is 1. The average molecular weight is 288 g/mol. The van der Waals surface area contributed by atoms with Crippen molar-refractivity contribution >= 4 is 12.6 Å². The Morgan fingerprint density at radius 3 is 1.84 bits per heavy atom. The molecule has 0 saturated carbocycles. The minimum Gasteiger partial charge on any atom is -0.309 e. The van der Waals surface area contributed by atoms with Crippen molar-refractivity contribution in [3.8, 4) is 0 Å². The summed E-state index contributed by atoms with van der Waals surface area (Å²) < 4.78 is 0. The molecular weight excluding hydrogens is 250 g/mol. The molecule has 19 heavy (non-hydrogen) atoms. The minimum atomic E-state index is 0.336. The lowest BCUT2D eigenvalue weighted by Crippen LogP contribution is -2.18. The fourth-order valence-corrected chi connectivity index (χ4v) is 1.86. The first-order valence-electron chi connectivity index (χ1n) is 8.10. The van der Waals surface area contributed by atoms with Crippen molar-refractivity contribution in [1.82, 2.24) is 5.32 Å². The summed E-state index contributed by atoms with van der Waals surface area (Å²) in [5.41, 5.74) is 0. The molecule has 0 aromatic carbocycles. The molecule has 0 spiro atoms. The Balaban J connectivity index is 0. The Morgan fingerprint density at radius 1 is 1.00 bits per heavy atom. The number of hydrogen-bond acceptors (Lipinski definition) is 2. The molecule has 0 saturated heterocycles. The first-order chi connectivity index (χ1) is 9.12. The molecule has 2 atom stereocenters. The molecule has 0 bridgehead atoms. The van der Waals surface area contributed by atoms with E-state index < -0.39 is 0 Å². The quantitative estimate of drug-likeness (QED) is 0.211. The summed E-state index contributed by atoms with van der Waals surface area (Å²) in [6.45, 7) is 10.4. The van der Waals surface area contributed by atoms with E-state index in [0.717, 1.165) is 6.42 Å². The molecule has 116 valence electrons. The molecule has 0 fully saturated rings. The number of unbranched alkanes of at least 4 members (excludes halogenated alkanes) is 6. The van der Waals surface area contributed by atoms with Crippen molar-refractivity contribution in [1.29, 1.82) is 0 Å². The van der Waals surface area contributed by atoms with Crippen LogP contribution in [0.5, 0.6) is 0 Å². The summed E-state index contributed by atoms with van der Waals surface area (Å²) in [7, 11) is 1.93. The van der Waals surface area contributed by atoms with Gasteiger partial charge in [0.15, 0.2) is 0 Å². The second kappa shape index (κ2) is 18.0. The van der Waals surface area contributed by atoms with Crippen LogP contribution in [0.2, 0.25) is 0 Å². The van der Waals surface area contributed by atoms with Crippen molar-refractivity contribution in [2.24, 2.45) is 5.92 Å². The van der Waals surface area contributed by atoms with E-state index in [0.29, 0.717) is 11.3 Å². The molecule has 0 aromatic rings. The van der Waals surface area contributed by atoms with Crippen LogP contribution in [0.15, 0.2) is 12.7 Å². The van der Waals surface area contributed by atoms with E-state index in [4.69, 9.17) is 0 Å². The summed E-state index contributed by atoms with van der Waals surface area (Å²) in [6, 6.07) is 0. The Labute approximate surface area is 128 Å². The maximum Gasteiger partial charge on any atom is 0.0500 e. The van der Waals surface area contributed by atoms with Crippen LogP contribution in [0.25, 0.3) is 0 Å². The van der Waals surface area contributed by atoms with Gasteiger partial charge in [0, 0.05) is 5.37 Å². The lowest BCUT2D eigenvalue weighted by Gasteiger charge is -2.10. The van der Waals surface area contributed by atoms with Crippen LogP contribution in [0, 0.1) is 5.92 Å². The molecule has 0 aromatic heterocycles. The Bertz CT molecular complexity index is 165. The third kappa shape index (κ3) is 20.5. The Morgan fingerprint density at radius 2 is 1.47 bits per heavy atom. The van der Waals surface area contributed by atoms with Crippen molar-refractivity contribution in [2.75, 3.05) is 7.05 Å². The monoisotopic (exact) mass is 287 g/mol. The van der Waals surface area contributed by atoms with Gasteiger partial charge in [0.25, 0.3) is 0 Å². The summed E-state index contributed by atoms with van der Waals surface area (Å²) in [5, 5.41) is 3.41. The molecule has 0 rings (SSSR count). The number of hydrogen-bond donors (Lipinski definition) is 2. The SMILES string of the molecule is C=CC(C)CCC(S)NC.CCCCCCCCC. The van der Waals surface area contributed by atoms with Gasteiger partial charge in [-0.05, 0) is 25.8 Å². The van der Waals surface area contributed by atoms with Gasteiger partial charge in [0.2, 0.25) is 0 Å². The lowest BCUT2D eigenvalue weighted by molar-refractivity contribution is 0.565. The maximum atomic E-state index is 4.30. The van der Waals surface area contributed by atoms with Crippen molar-refractivity contribution in [2.45, 2.75) is 83.9 Å². The molecule has 0 aliphatic rings. The maximum absolute atomic E-state index is 4.30. The van der Waals surface area contributed by atoms with Gasteiger partial charge in [-0.1, -0.05) is 71.8 Å². The zero-order valence-electron chi connectivity index (χ0n) is 13.8. The molecular formula is C17H37NS. The molecule has 0 radical (unpaired) electrons. The van der Waals surface area contributed by atoms with Crippen LogP contribution in [-0.2, 0) is 0 Å². The highest BCUT2D eigenvalue weighted by atomic mass is 32.1. The molecule has 0 amide bonds. The fraction of sp³-hybridized carbons (Fsp3) is 0.882. The fourth-order valence-electron chi connectivity index (χ4n) is 1.71. The van der Waals surface area contributed by atoms with E-state index in [9.17, 15) is 0 Å². The molecule has 0 aliphatic carbocycles. The van der Waals surface area contributed by atoms with Gasteiger partial charge in [-0.25, -0.2) is 0 Å². The third-order valence-corrected chi connectivity index (χ3v) is 3.85. The van der Waals surface area contributed by atoms with Gasteiger partial charge in [-0.15, -0.1) is 6.58 Å². The van der Waals surface area contributed by atoms with Gasteiger partial charge >= 0.3 is 0 Å². The molecule has 0 heterocycles. The van der Waals surface area contributed by atoms with Gasteiger partial charge in [0.1, 0.15) is 0 Å². The molecule has 2 unspecified atom stereocenters. The van der Waals surface area contributed by atoms with Gasteiger partial charge in [-0.3, -0.25) is 0 Å². The summed E-state index contributed by atoms with van der Waals surface area (Å²) >= 11 is 4.30. The first-order valence-corrected chi connectivity index (χ1v) is 8.61. The van der Waals surface area contributed by atoms with Crippen LogP contribution in [0.1, 0.15) is 78.6 Å². The summed E-state index contributed by atoms with van der Waals surface area (Å²) in [4.78, 5) is 0. The second-order valence-corrected chi connectivity index (χ2v) is 5.99. The Hall–Kier alpha value is 0.0500. The average Bonchev–Trinajstić information content (AvgIpc) is 2.44. The van der Waals surface area contributed by atoms with Crippen LogP contribution in [0.4, 0.5) is 0 Å². The highest BCUT2D eigenvalue weighted by molar-refractivity contribution is 7.80. The highest BCUT2D eigenvalue weighted by Crippen LogP contribution is 2.09. The van der Waals surface area contributed by atoms with E-state index in [2.05, 4.69) is 45.3 Å². The van der Waals surface area contributed by atoms with Crippen LogP contribution >= 0.6 is 12.6 Å². The van der Waals surface area contributed by atoms with Crippen molar-refractivity contribution in [3.63, 3.8) is 0 Å². The van der Waals surface area contributed by atoms with Crippen LogP contribution in [0.3, 0.4) is 0 Å². The largest absolute Gasteiger partial charge is 0.309 e. The standard InChI is InChI=1S/C9H20.C8H17NS/c1-3-5-7-9-8-6-4-2;1-4-7(2)5-6-8(10)9-3/h3-9H2,1-2H3;4,7-10H,1,5-6H2,2-3H3. The zero-order chi connectivity index (χ0) is 14.9. The molecule has 0 aliphatic heterocycles. The highest BCUT2D eigenvalue weighted by Gasteiger charge is 2.01. The summed E-state index contributed by atoms with van der Waals surface area (Å²) in [5.74, 6) is 0.614. The minimum absolute atomic E-state index is 0.336. The van der Waals surface area contributed by atoms with E-state index >= 15 is 0 Å². The number of thiol groups is 1. The van der Waals surface area contributed by atoms with Crippen LogP contribution < -0.4 is 5.32 Å². The molecule has 1 nitrogen and oxygen atoms in total. The van der Waals surface area contributed by atoms with E-state index in [1.165, 1.54) is 51.4 Å². The van der Waals surface area contributed by atoms with Crippen LogP contribution in [-0.4, -0.2) is 12.4 Å². The predicted molar refractivity (Wildman–Crippen MR) is 94.1 cm³/mol. The van der Waals surface area contributed by atoms with Crippen molar-refractivity contribution < 1.29 is 0 Å². The molecule has 1 N–H and O–H groups in total. The second-order valence-electron chi connectivity index (χ2n) is 5.36. The zero-order valence-corrected chi connectivity index (χ0v) is 14.6. The normalized spacial score (nSPS) is 13.3. The number of nitrogens with one attached hydrogen (secondary N) is 1. The third-order valence-electron chi connectivity index (χ3n) is 3.34. The summed E-state index contributed by atoms with van der Waals surface area (Å²) in [6.07, 6.45) is 14.2. The van der Waals surface area contributed by atoms with E-state index in [1.54, 1.807) is 0 Å². The Kier molecular flexibility index (Phi) is 20.3. The van der Waals surface area contributed by atoms with Crippen molar-refractivity contribution in [3.05, 3.63) is 12.7 Å². The predicted octanol–water partition coefficient (Wildman–Crippen LogP) is 5.82. The van der Waals surface area contributed by atoms with Gasteiger partial charge in [-0.2, -0.15) is 12.6 Å². The molecule has 2 heteroatoms. The van der Waals surface area contributed by atoms with E-state index in [-0.39, 0.29) is 0 Å². The topological polar surface area (TPSA) is 12.0 Å². The van der Waals surface area contributed by atoms with E-state index in [1.807, 2.05) is 13.1 Å². The number of rotatable bonds is 11. The lowest BCUT2D eigenvalue weighted by atomic mass is 10.1. The van der Waals surface area contributed by atoms with Gasteiger partial charge in [0.05, 0.1) is 0 Å². The first kappa shape index (κ1) is 21.4. The van der Waals surface area contributed by atoms with Gasteiger partial charge < -0.3 is 5.32 Å².